The summed E-state index contributed by atoms with van der Waals surface area (Å²) in [6.45, 7) is -0.218. The molecule has 5 nitrogen and oxygen atoms in total. The van der Waals surface area contributed by atoms with E-state index in [0.29, 0.717) is 0 Å². The molecule has 90 valence electrons. The van der Waals surface area contributed by atoms with E-state index in [2.05, 4.69) is 9.71 Å². The smallest absolute Gasteiger partial charge is 0.322 e. The van der Waals surface area contributed by atoms with Gasteiger partial charge in [0.1, 0.15) is 6.54 Å². The molecular formula is C11H13N3O2S. The van der Waals surface area contributed by atoms with Crippen molar-refractivity contribution in [1.29, 1.82) is 0 Å². The van der Waals surface area contributed by atoms with Crippen LogP contribution in [0.1, 0.15) is 5.56 Å². The first-order valence-electron chi connectivity index (χ1n) is 5.03. The van der Waals surface area contributed by atoms with Crippen molar-refractivity contribution < 1.29 is 9.90 Å². The van der Waals surface area contributed by atoms with Crippen LogP contribution < -0.4 is 11.1 Å². The van der Waals surface area contributed by atoms with E-state index in [1.807, 2.05) is 35.7 Å². The van der Waals surface area contributed by atoms with Crippen LogP contribution in [0.2, 0.25) is 0 Å². The first kappa shape index (κ1) is 11.5. The number of nitrogens with zero attached hydrogens (tertiary/aromatic N) is 1. The molecule has 1 aliphatic heterocycles. The number of guanidine groups is 1. The third kappa shape index (κ3) is 2.79. The molecule has 0 aromatic heterocycles. The summed E-state index contributed by atoms with van der Waals surface area (Å²) in [7, 11) is 0. The predicted octanol–water partition coefficient (Wildman–Crippen LogP) is 0.935. The monoisotopic (exact) mass is 251 g/mol. The van der Waals surface area contributed by atoms with Crippen molar-refractivity contribution in [3.8, 4) is 0 Å². The zero-order valence-corrected chi connectivity index (χ0v) is 9.89. The maximum Gasteiger partial charge on any atom is 0.322 e. The van der Waals surface area contributed by atoms with Gasteiger partial charge in [-0.15, -0.1) is 11.1 Å². The number of hydrogen-bond acceptors (Lipinski definition) is 2. The minimum absolute atomic E-state index is 0.167. The molecule has 0 spiro atoms. The Morgan fingerprint density at radius 3 is 3.00 bits per heavy atom. The summed E-state index contributed by atoms with van der Waals surface area (Å²) >= 11 is -0.804. The van der Waals surface area contributed by atoms with Crippen LogP contribution in [-0.4, -0.2) is 23.6 Å². The number of carboxylic acid groups (broad SMARTS) is 1. The lowest BCUT2D eigenvalue weighted by Gasteiger charge is -2.11. The normalized spacial score (nSPS) is 20.0. The van der Waals surface area contributed by atoms with E-state index >= 15 is 0 Å². The standard InChI is InChI=1S/C11H13N3O2S/c12-11(13-7-10(15)16)14-17-6-5-8-3-1-2-4-9(8)17/h1-6,17H,7H2,(H,15,16)(H3,12,13,14). The van der Waals surface area contributed by atoms with Gasteiger partial charge < -0.3 is 16.2 Å². The maximum absolute atomic E-state index is 10.4. The molecular weight excluding hydrogens is 238 g/mol. The number of carbonyl (C=O) groups is 1. The molecule has 1 atom stereocenters. The molecule has 0 saturated heterocycles. The fourth-order valence-electron chi connectivity index (χ4n) is 1.47. The number of hydrogen-bond donors (Lipinski definition) is 4. The largest absolute Gasteiger partial charge is 0.480 e. The highest BCUT2D eigenvalue weighted by Crippen LogP contribution is 2.46. The molecule has 0 fully saturated rings. The fraction of sp³-hybridized carbons (Fsp3) is 0.0909. The summed E-state index contributed by atoms with van der Waals surface area (Å²) in [5, 5.41) is 13.0. The highest BCUT2D eigenvalue weighted by molar-refractivity contribution is 8.19. The van der Waals surface area contributed by atoms with E-state index in [0.717, 1.165) is 10.5 Å². The van der Waals surface area contributed by atoms with E-state index in [-0.39, 0.29) is 12.5 Å². The van der Waals surface area contributed by atoms with Crippen molar-refractivity contribution in [2.24, 2.45) is 10.1 Å². The van der Waals surface area contributed by atoms with Crippen molar-refractivity contribution in [3.63, 3.8) is 0 Å². The number of carboxylic acids is 1. The zero-order chi connectivity index (χ0) is 12.3. The lowest BCUT2D eigenvalue weighted by atomic mass is 10.2. The van der Waals surface area contributed by atoms with Crippen LogP contribution in [0.3, 0.4) is 0 Å². The molecule has 1 aromatic carbocycles. The van der Waals surface area contributed by atoms with Crippen LogP contribution in [0.25, 0.3) is 6.08 Å². The van der Waals surface area contributed by atoms with Crippen LogP contribution in [0, 0.1) is 0 Å². The van der Waals surface area contributed by atoms with Crippen LogP contribution in [0.15, 0.2) is 39.0 Å². The molecule has 6 heteroatoms. The molecule has 4 N–H and O–H groups in total. The Morgan fingerprint density at radius 2 is 2.24 bits per heavy atom. The van der Waals surface area contributed by atoms with Crippen LogP contribution in [0.5, 0.6) is 0 Å². The van der Waals surface area contributed by atoms with Gasteiger partial charge in [0, 0.05) is 4.90 Å². The maximum atomic E-state index is 10.4. The number of thiol groups is 1. The topological polar surface area (TPSA) is 87.7 Å². The van der Waals surface area contributed by atoms with Gasteiger partial charge in [-0.05, 0) is 23.1 Å². The van der Waals surface area contributed by atoms with Gasteiger partial charge in [0.2, 0.25) is 0 Å². The van der Waals surface area contributed by atoms with Gasteiger partial charge in [0.15, 0.2) is 5.96 Å². The molecule has 0 bridgehead atoms. The number of fused-ring (bicyclic) bond motifs is 1. The van der Waals surface area contributed by atoms with Gasteiger partial charge in [-0.25, -0.2) is 0 Å². The summed E-state index contributed by atoms with van der Waals surface area (Å²) < 4.78 is 4.29. The first-order valence-corrected chi connectivity index (χ1v) is 6.39. The highest BCUT2D eigenvalue weighted by atomic mass is 32.2. The third-order valence-corrected chi connectivity index (χ3v) is 3.98. The van der Waals surface area contributed by atoms with Gasteiger partial charge in [0.25, 0.3) is 0 Å². The van der Waals surface area contributed by atoms with E-state index < -0.39 is 17.1 Å². The Labute approximate surface area is 102 Å². The van der Waals surface area contributed by atoms with Crippen molar-refractivity contribution in [1.82, 2.24) is 5.32 Å². The number of benzene rings is 1. The Kier molecular flexibility index (Phi) is 3.34. The van der Waals surface area contributed by atoms with Gasteiger partial charge in [-0.3, -0.25) is 4.79 Å². The second-order valence-electron chi connectivity index (χ2n) is 3.45. The Hall–Kier alpha value is -1.95. The third-order valence-electron chi connectivity index (χ3n) is 2.22. The number of rotatable bonds is 3. The summed E-state index contributed by atoms with van der Waals surface area (Å²) in [6.07, 6.45) is 2.01. The molecule has 17 heavy (non-hydrogen) atoms. The SMILES string of the molecule is NC(=N[SH]1C=Cc2ccccc21)NCC(=O)O. The molecule has 2 rings (SSSR count). The molecule has 0 amide bonds. The van der Waals surface area contributed by atoms with E-state index in [1.54, 1.807) is 0 Å². The van der Waals surface area contributed by atoms with Gasteiger partial charge >= 0.3 is 5.97 Å². The molecule has 0 radical (unpaired) electrons. The minimum Gasteiger partial charge on any atom is -0.480 e. The average molecular weight is 251 g/mol. The van der Waals surface area contributed by atoms with Gasteiger partial charge in [-0.1, -0.05) is 18.2 Å². The Balaban J connectivity index is 2.08. The van der Waals surface area contributed by atoms with E-state index in [1.165, 1.54) is 0 Å². The van der Waals surface area contributed by atoms with Crippen molar-refractivity contribution in [2.75, 3.05) is 6.54 Å². The van der Waals surface area contributed by atoms with Crippen molar-refractivity contribution >= 4 is 29.1 Å². The molecule has 1 heterocycles. The van der Waals surface area contributed by atoms with Crippen LogP contribution in [-0.2, 0) is 4.79 Å². The molecule has 1 aromatic rings. The van der Waals surface area contributed by atoms with Crippen LogP contribution >= 0.6 is 11.1 Å². The second-order valence-corrected chi connectivity index (χ2v) is 5.12. The molecule has 1 unspecified atom stereocenters. The molecule has 0 saturated carbocycles. The predicted molar refractivity (Wildman–Crippen MR) is 70.0 cm³/mol. The summed E-state index contributed by atoms with van der Waals surface area (Å²) in [6, 6.07) is 7.95. The number of aliphatic carboxylic acids is 1. The summed E-state index contributed by atoms with van der Waals surface area (Å²) in [5.41, 5.74) is 6.76. The zero-order valence-electron chi connectivity index (χ0n) is 9.00. The fourth-order valence-corrected chi connectivity index (χ4v) is 3.07. The molecule has 1 aliphatic rings. The number of nitrogens with two attached hydrogens (primary N) is 1. The summed E-state index contributed by atoms with van der Waals surface area (Å²) in [5.74, 6) is -0.793. The first-order chi connectivity index (χ1) is 8.16. The van der Waals surface area contributed by atoms with Crippen LogP contribution in [0.4, 0.5) is 0 Å². The minimum atomic E-state index is -0.960. The Morgan fingerprint density at radius 1 is 1.47 bits per heavy atom. The van der Waals surface area contributed by atoms with E-state index in [9.17, 15) is 4.79 Å². The average Bonchev–Trinajstić information content (AvgIpc) is 2.70. The van der Waals surface area contributed by atoms with Gasteiger partial charge in [0.05, 0.1) is 0 Å². The number of nitrogens with one attached hydrogen (secondary N) is 1. The highest BCUT2D eigenvalue weighted by Gasteiger charge is 2.12. The lowest BCUT2D eigenvalue weighted by Crippen LogP contribution is -2.35. The second kappa shape index (κ2) is 4.92. The van der Waals surface area contributed by atoms with E-state index in [4.69, 9.17) is 10.8 Å². The Bertz CT molecular complexity index is 499. The van der Waals surface area contributed by atoms with Crippen molar-refractivity contribution in [3.05, 3.63) is 35.2 Å². The van der Waals surface area contributed by atoms with Gasteiger partial charge in [-0.2, -0.15) is 4.40 Å². The quantitative estimate of drug-likeness (QED) is 0.366. The lowest BCUT2D eigenvalue weighted by molar-refractivity contribution is -0.135. The summed E-state index contributed by atoms with van der Waals surface area (Å²) in [4.78, 5) is 11.5. The molecule has 0 aliphatic carbocycles. The van der Waals surface area contributed by atoms with Crippen molar-refractivity contribution in [2.45, 2.75) is 4.90 Å².